The summed E-state index contributed by atoms with van der Waals surface area (Å²) in [6.45, 7) is 4.86. The van der Waals surface area contributed by atoms with Crippen LogP contribution in [0, 0.1) is 13.8 Å². The molecule has 1 aromatic carbocycles. The normalized spacial score (nSPS) is 10.4. The lowest BCUT2D eigenvalue weighted by molar-refractivity contribution is -0.119. The molecule has 2 rings (SSSR count). The molecule has 1 heterocycles. The summed E-state index contributed by atoms with van der Waals surface area (Å²) in [6, 6.07) is 5.18. The molecule has 0 aliphatic carbocycles. The maximum absolute atomic E-state index is 12.1. The summed E-state index contributed by atoms with van der Waals surface area (Å²) in [7, 11) is 0. The molecular weight excluding hydrogens is 320 g/mol. The van der Waals surface area contributed by atoms with Gasteiger partial charge in [0.25, 0.3) is 5.91 Å². The van der Waals surface area contributed by atoms with E-state index in [1.807, 2.05) is 6.92 Å². The van der Waals surface area contributed by atoms with Crippen molar-refractivity contribution in [1.82, 2.24) is 5.16 Å². The lowest BCUT2D eigenvalue weighted by Crippen LogP contribution is -2.22. The SMILES string of the molecule is CCc1noc(C)c1C(=O)OCC(=O)Nc1cccc(Cl)c1C. The number of aromatic nitrogens is 1. The zero-order valence-electron chi connectivity index (χ0n) is 13.1. The third-order valence-electron chi connectivity index (χ3n) is 3.35. The van der Waals surface area contributed by atoms with Crippen LogP contribution in [0.25, 0.3) is 0 Å². The molecule has 23 heavy (non-hydrogen) atoms. The van der Waals surface area contributed by atoms with Gasteiger partial charge in [0.05, 0.1) is 5.69 Å². The molecule has 0 saturated carbocycles. The monoisotopic (exact) mass is 336 g/mol. The van der Waals surface area contributed by atoms with Gasteiger partial charge in [-0.2, -0.15) is 0 Å². The molecule has 7 heteroatoms. The molecule has 1 N–H and O–H groups in total. The first-order chi connectivity index (χ1) is 10.9. The number of carbonyl (C=O) groups is 2. The summed E-state index contributed by atoms with van der Waals surface area (Å²) in [5.74, 6) is -0.701. The molecule has 6 nitrogen and oxygen atoms in total. The Morgan fingerprint density at radius 1 is 1.35 bits per heavy atom. The molecule has 0 bridgehead atoms. The molecule has 0 aliphatic rings. The Bertz CT molecular complexity index is 740. The van der Waals surface area contributed by atoms with Crippen LogP contribution in [0.4, 0.5) is 5.69 Å². The third-order valence-corrected chi connectivity index (χ3v) is 3.76. The highest BCUT2D eigenvalue weighted by molar-refractivity contribution is 6.31. The second kappa shape index (κ2) is 7.28. The largest absolute Gasteiger partial charge is 0.452 e. The molecule has 0 radical (unpaired) electrons. The molecule has 1 aromatic heterocycles. The van der Waals surface area contributed by atoms with Crippen LogP contribution in [0.15, 0.2) is 22.7 Å². The van der Waals surface area contributed by atoms with Crippen molar-refractivity contribution in [3.8, 4) is 0 Å². The second-order valence-corrected chi connectivity index (χ2v) is 5.36. The van der Waals surface area contributed by atoms with E-state index in [1.54, 1.807) is 32.0 Å². The first kappa shape index (κ1) is 17.0. The van der Waals surface area contributed by atoms with Crippen molar-refractivity contribution in [1.29, 1.82) is 0 Å². The van der Waals surface area contributed by atoms with Gasteiger partial charge in [-0.15, -0.1) is 0 Å². The Kier molecular flexibility index (Phi) is 5.39. The van der Waals surface area contributed by atoms with Gasteiger partial charge in [-0.25, -0.2) is 4.79 Å². The number of nitrogens with one attached hydrogen (secondary N) is 1. The van der Waals surface area contributed by atoms with Crippen LogP contribution in [-0.4, -0.2) is 23.6 Å². The van der Waals surface area contributed by atoms with Gasteiger partial charge in [0.2, 0.25) is 0 Å². The minimum absolute atomic E-state index is 0.277. The summed E-state index contributed by atoms with van der Waals surface area (Å²) in [5, 5.41) is 6.98. The number of amides is 1. The van der Waals surface area contributed by atoms with Gasteiger partial charge in [0, 0.05) is 10.7 Å². The van der Waals surface area contributed by atoms with Crippen LogP contribution >= 0.6 is 11.6 Å². The number of benzene rings is 1. The topological polar surface area (TPSA) is 81.4 Å². The van der Waals surface area contributed by atoms with Gasteiger partial charge in [0.1, 0.15) is 11.3 Å². The first-order valence-electron chi connectivity index (χ1n) is 7.11. The van der Waals surface area contributed by atoms with E-state index in [-0.39, 0.29) is 5.56 Å². The van der Waals surface area contributed by atoms with Gasteiger partial charge in [0.15, 0.2) is 6.61 Å². The van der Waals surface area contributed by atoms with Crippen molar-refractivity contribution < 1.29 is 18.8 Å². The van der Waals surface area contributed by atoms with Crippen molar-refractivity contribution in [2.24, 2.45) is 0 Å². The van der Waals surface area contributed by atoms with Gasteiger partial charge in [-0.3, -0.25) is 4.79 Å². The molecule has 0 saturated heterocycles. The van der Waals surface area contributed by atoms with Crippen molar-refractivity contribution >= 4 is 29.2 Å². The van der Waals surface area contributed by atoms with Crippen LogP contribution in [-0.2, 0) is 16.0 Å². The summed E-state index contributed by atoms with van der Waals surface area (Å²) < 4.78 is 10.0. The van der Waals surface area contributed by atoms with Gasteiger partial charge in [-0.1, -0.05) is 29.7 Å². The Labute approximate surface area is 138 Å². The summed E-state index contributed by atoms with van der Waals surface area (Å²) in [5.41, 5.74) is 2.11. The Morgan fingerprint density at radius 3 is 2.78 bits per heavy atom. The van der Waals surface area contributed by atoms with Crippen LogP contribution in [0.3, 0.4) is 0 Å². The van der Waals surface area contributed by atoms with Crippen molar-refractivity contribution in [3.05, 3.63) is 45.8 Å². The highest BCUT2D eigenvalue weighted by atomic mass is 35.5. The molecule has 0 aliphatic heterocycles. The Hall–Kier alpha value is -2.34. The predicted octanol–water partition coefficient (Wildman–Crippen LogP) is 3.30. The Morgan fingerprint density at radius 2 is 2.09 bits per heavy atom. The zero-order chi connectivity index (χ0) is 17.0. The van der Waals surface area contributed by atoms with E-state index in [0.29, 0.717) is 28.6 Å². The number of hydrogen-bond donors (Lipinski definition) is 1. The number of carbonyl (C=O) groups excluding carboxylic acids is 2. The number of esters is 1. The van der Waals surface area contributed by atoms with E-state index in [9.17, 15) is 9.59 Å². The molecule has 0 spiro atoms. The molecule has 2 aromatic rings. The highest BCUT2D eigenvalue weighted by Crippen LogP contribution is 2.22. The fraction of sp³-hybridized carbons (Fsp3) is 0.312. The number of hydrogen-bond acceptors (Lipinski definition) is 5. The van der Waals surface area contributed by atoms with E-state index in [2.05, 4.69) is 10.5 Å². The van der Waals surface area contributed by atoms with Crippen molar-refractivity contribution in [2.75, 3.05) is 11.9 Å². The van der Waals surface area contributed by atoms with E-state index in [4.69, 9.17) is 20.9 Å². The number of anilines is 1. The summed E-state index contributed by atoms with van der Waals surface area (Å²) >= 11 is 5.99. The van der Waals surface area contributed by atoms with Crippen LogP contribution < -0.4 is 5.32 Å². The zero-order valence-corrected chi connectivity index (χ0v) is 13.9. The number of halogens is 1. The molecule has 122 valence electrons. The lowest BCUT2D eigenvalue weighted by atomic mass is 10.1. The maximum Gasteiger partial charge on any atom is 0.344 e. The number of ether oxygens (including phenoxy) is 1. The second-order valence-electron chi connectivity index (χ2n) is 4.95. The molecule has 0 atom stereocenters. The number of rotatable bonds is 5. The van der Waals surface area contributed by atoms with Crippen LogP contribution in [0.1, 0.15) is 34.3 Å². The smallest absolute Gasteiger partial charge is 0.344 e. The van der Waals surface area contributed by atoms with Crippen LogP contribution in [0.2, 0.25) is 5.02 Å². The minimum atomic E-state index is -0.626. The van der Waals surface area contributed by atoms with E-state index in [1.165, 1.54) is 0 Å². The Balaban J connectivity index is 1.98. The van der Waals surface area contributed by atoms with Gasteiger partial charge < -0.3 is 14.6 Å². The summed E-state index contributed by atoms with van der Waals surface area (Å²) in [6.07, 6.45) is 0.537. The molecule has 1 amide bonds. The first-order valence-corrected chi connectivity index (χ1v) is 7.49. The number of nitrogens with zero attached hydrogens (tertiary/aromatic N) is 1. The summed E-state index contributed by atoms with van der Waals surface area (Å²) in [4.78, 5) is 24.0. The van der Waals surface area contributed by atoms with Crippen LogP contribution in [0.5, 0.6) is 0 Å². The standard InChI is InChI=1S/C16H17ClN2O4/c1-4-12-15(10(3)23-19-12)16(21)22-8-14(20)18-13-7-5-6-11(17)9(13)2/h5-7H,4,8H2,1-3H3,(H,18,20). The minimum Gasteiger partial charge on any atom is -0.452 e. The van der Waals surface area contributed by atoms with E-state index >= 15 is 0 Å². The quantitative estimate of drug-likeness (QED) is 0.847. The van der Waals surface area contributed by atoms with Gasteiger partial charge in [-0.05, 0) is 38.0 Å². The number of aryl methyl sites for hydroxylation is 2. The molecule has 0 fully saturated rings. The van der Waals surface area contributed by atoms with Crippen molar-refractivity contribution in [3.63, 3.8) is 0 Å². The highest BCUT2D eigenvalue weighted by Gasteiger charge is 2.21. The lowest BCUT2D eigenvalue weighted by Gasteiger charge is -2.10. The predicted molar refractivity (Wildman–Crippen MR) is 85.7 cm³/mol. The average Bonchev–Trinajstić information content (AvgIpc) is 2.90. The van der Waals surface area contributed by atoms with Crippen molar-refractivity contribution in [2.45, 2.75) is 27.2 Å². The molecular formula is C16H17ClN2O4. The fourth-order valence-corrected chi connectivity index (χ4v) is 2.23. The fourth-order valence-electron chi connectivity index (χ4n) is 2.05. The maximum atomic E-state index is 12.1. The van der Waals surface area contributed by atoms with E-state index in [0.717, 1.165) is 5.56 Å². The molecule has 0 unspecified atom stereocenters. The van der Waals surface area contributed by atoms with E-state index < -0.39 is 18.5 Å². The average molecular weight is 337 g/mol. The van der Waals surface area contributed by atoms with Gasteiger partial charge >= 0.3 is 5.97 Å². The third kappa shape index (κ3) is 3.90.